The molecule has 0 saturated heterocycles. The van der Waals surface area contributed by atoms with Crippen LogP contribution in [0.1, 0.15) is 297 Å². The van der Waals surface area contributed by atoms with Crippen molar-refractivity contribution in [2.24, 2.45) is 0 Å². The van der Waals surface area contributed by atoms with Crippen molar-refractivity contribution in [3.8, 4) is 0 Å². The summed E-state index contributed by atoms with van der Waals surface area (Å²) >= 11 is 0. The fraction of sp³-hybridized carbons (Fsp3) is 0.766. The summed E-state index contributed by atoms with van der Waals surface area (Å²) in [5, 5.41) is 0. The molecule has 0 aliphatic carbocycles. The number of rotatable bonds is 54. The molecule has 0 rings (SSSR count). The lowest BCUT2D eigenvalue weighted by Crippen LogP contribution is -2.30. The zero-order chi connectivity index (χ0) is 50.7. The minimum atomic E-state index is -0.790. The Labute approximate surface area is 433 Å². The first-order valence-corrected chi connectivity index (χ1v) is 29.9. The SMILES string of the molecule is CCCCCC/C=C\C/C=C\CCCCCCCCCC(=O)OCC(COC(=O)CCCCCCC/C=C\C/C=C\CCCCCC)OC(=O)CCCCCCCCC/C=C\C/C=C\CCCCCC. The summed E-state index contributed by atoms with van der Waals surface area (Å²) in [6.45, 7) is 6.59. The molecule has 0 aromatic rings. The molecule has 0 aromatic carbocycles. The van der Waals surface area contributed by atoms with Gasteiger partial charge < -0.3 is 14.2 Å². The highest BCUT2D eigenvalue weighted by Gasteiger charge is 2.19. The molecule has 0 bridgehead atoms. The Kier molecular flexibility index (Phi) is 55.8. The number of unbranched alkanes of at least 4 members (excludes halogenated alkanes) is 31. The van der Waals surface area contributed by atoms with E-state index in [1.54, 1.807) is 0 Å². The molecular formula is C64H112O6. The van der Waals surface area contributed by atoms with Crippen LogP contribution in [0, 0.1) is 0 Å². The first-order chi connectivity index (χ1) is 34.5. The molecule has 70 heavy (non-hydrogen) atoms. The lowest BCUT2D eigenvalue weighted by atomic mass is 10.1. The van der Waals surface area contributed by atoms with E-state index < -0.39 is 6.10 Å². The van der Waals surface area contributed by atoms with Gasteiger partial charge in [0.25, 0.3) is 0 Å². The van der Waals surface area contributed by atoms with Crippen molar-refractivity contribution in [1.82, 2.24) is 0 Å². The maximum absolute atomic E-state index is 12.9. The Morgan fingerprint density at radius 1 is 0.286 bits per heavy atom. The molecule has 0 heterocycles. The van der Waals surface area contributed by atoms with Gasteiger partial charge in [-0.1, -0.05) is 235 Å². The van der Waals surface area contributed by atoms with Gasteiger partial charge in [-0.05, 0) is 116 Å². The number of ether oxygens (including phenoxy) is 3. The van der Waals surface area contributed by atoms with Gasteiger partial charge in [-0.25, -0.2) is 0 Å². The minimum Gasteiger partial charge on any atom is -0.462 e. The second-order valence-electron chi connectivity index (χ2n) is 19.9. The summed E-state index contributed by atoms with van der Waals surface area (Å²) in [5.74, 6) is -0.906. The molecule has 6 nitrogen and oxygen atoms in total. The highest BCUT2D eigenvalue weighted by molar-refractivity contribution is 5.71. The molecule has 0 aliphatic heterocycles. The molecular weight excluding hydrogens is 865 g/mol. The van der Waals surface area contributed by atoms with Gasteiger partial charge >= 0.3 is 17.9 Å². The first kappa shape index (κ1) is 66.9. The zero-order valence-corrected chi connectivity index (χ0v) is 46.3. The summed E-state index contributed by atoms with van der Waals surface area (Å²) < 4.78 is 16.9. The standard InChI is InChI=1S/C64H112O6/c1-4-7-10-13-16-19-22-25-28-31-33-36-39-42-45-48-51-54-57-63(66)69-60-61(59-68-62(65)56-53-50-47-44-41-38-35-30-27-24-21-18-15-12-9-6-3)70-64(67)58-55-52-49-46-43-40-37-34-32-29-26-23-20-17-14-11-8-5-2/h19-24,28-32,35,61H,4-18,25-27,33-34,36-60H2,1-3H3/b22-19-,23-20-,24-21-,31-28-,32-29-,35-30-. The van der Waals surface area contributed by atoms with Crippen molar-refractivity contribution in [2.45, 2.75) is 303 Å². The van der Waals surface area contributed by atoms with Crippen LogP contribution in [0.15, 0.2) is 72.9 Å². The van der Waals surface area contributed by atoms with Crippen molar-refractivity contribution in [1.29, 1.82) is 0 Å². The molecule has 0 fully saturated rings. The number of carbonyl (C=O) groups is 3. The van der Waals surface area contributed by atoms with Gasteiger partial charge in [-0.3, -0.25) is 14.4 Å². The quantitative estimate of drug-likeness (QED) is 0.0261. The molecule has 0 aliphatic rings. The third kappa shape index (κ3) is 55.8. The smallest absolute Gasteiger partial charge is 0.306 e. The van der Waals surface area contributed by atoms with Gasteiger partial charge in [-0.2, -0.15) is 0 Å². The van der Waals surface area contributed by atoms with Gasteiger partial charge in [0.2, 0.25) is 0 Å². The van der Waals surface area contributed by atoms with E-state index in [-0.39, 0.29) is 31.1 Å². The van der Waals surface area contributed by atoms with Crippen LogP contribution in [-0.4, -0.2) is 37.2 Å². The van der Waals surface area contributed by atoms with Crippen LogP contribution in [-0.2, 0) is 28.6 Å². The van der Waals surface area contributed by atoms with E-state index in [0.29, 0.717) is 19.3 Å². The molecule has 404 valence electrons. The van der Waals surface area contributed by atoms with Crippen molar-refractivity contribution < 1.29 is 28.6 Å². The van der Waals surface area contributed by atoms with Gasteiger partial charge in [0.1, 0.15) is 13.2 Å². The zero-order valence-electron chi connectivity index (χ0n) is 46.3. The van der Waals surface area contributed by atoms with Crippen LogP contribution in [0.25, 0.3) is 0 Å². The molecule has 0 spiro atoms. The maximum atomic E-state index is 12.9. The Bertz CT molecular complexity index is 1310. The fourth-order valence-electron chi connectivity index (χ4n) is 8.36. The van der Waals surface area contributed by atoms with E-state index in [4.69, 9.17) is 14.2 Å². The average Bonchev–Trinajstić information content (AvgIpc) is 3.36. The third-order valence-electron chi connectivity index (χ3n) is 12.9. The topological polar surface area (TPSA) is 78.9 Å². The monoisotopic (exact) mass is 977 g/mol. The highest BCUT2D eigenvalue weighted by Crippen LogP contribution is 2.15. The summed E-state index contributed by atoms with van der Waals surface area (Å²) in [6, 6.07) is 0. The van der Waals surface area contributed by atoms with E-state index in [0.717, 1.165) is 103 Å². The molecule has 0 radical (unpaired) electrons. The number of esters is 3. The van der Waals surface area contributed by atoms with Crippen LogP contribution >= 0.6 is 0 Å². The fourth-order valence-corrected chi connectivity index (χ4v) is 8.36. The predicted molar refractivity (Wildman–Crippen MR) is 302 cm³/mol. The first-order valence-electron chi connectivity index (χ1n) is 29.9. The minimum absolute atomic E-state index is 0.0869. The summed E-state index contributed by atoms with van der Waals surface area (Å²) in [4.78, 5) is 38.2. The Balaban J connectivity index is 4.43. The second-order valence-corrected chi connectivity index (χ2v) is 19.9. The molecule has 1 unspecified atom stereocenters. The van der Waals surface area contributed by atoms with Gasteiger partial charge in [0.15, 0.2) is 6.10 Å². The molecule has 6 heteroatoms. The molecule has 0 N–H and O–H groups in total. The van der Waals surface area contributed by atoms with Crippen LogP contribution in [0.5, 0.6) is 0 Å². The summed E-state index contributed by atoms with van der Waals surface area (Å²) in [7, 11) is 0. The number of carbonyl (C=O) groups excluding carboxylic acids is 3. The molecule has 0 aromatic heterocycles. The Hall–Kier alpha value is -3.15. The third-order valence-corrected chi connectivity index (χ3v) is 12.9. The van der Waals surface area contributed by atoms with Crippen molar-refractivity contribution in [3.63, 3.8) is 0 Å². The van der Waals surface area contributed by atoms with Crippen LogP contribution in [0.2, 0.25) is 0 Å². The molecule has 0 saturated carbocycles. The lowest BCUT2D eigenvalue weighted by Gasteiger charge is -2.18. The van der Waals surface area contributed by atoms with Gasteiger partial charge in [-0.15, -0.1) is 0 Å². The summed E-state index contributed by atoms with van der Waals surface area (Å²) in [5.41, 5.74) is 0. The molecule has 1 atom stereocenters. The largest absolute Gasteiger partial charge is 0.462 e. The lowest BCUT2D eigenvalue weighted by molar-refractivity contribution is -0.167. The highest BCUT2D eigenvalue weighted by atomic mass is 16.6. The van der Waals surface area contributed by atoms with Crippen molar-refractivity contribution in [2.75, 3.05) is 13.2 Å². The maximum Gasteiger partial charge on any atom is 0.306 e. The van der Waals surface area contributed by atoms with E-state index in [1.165, 1.54) is 154 Å². The van der Waals surface area contributed by atoms with Gasteiger partial charge in [0.05, 0.1) is 0 Å². The number of hydrogen-bond acceptors (Lipinski definition) is 6. The van der Waals surface area contributed by atoms with E-state index >= 15 is 0 Å². The summed E-state index contributed by atoms with van der Waals surface area (Å²) in [6.07, 6.45) is 74.5. The predicted octanol–water partition coefficient (Wildman–Crippen LogP) is 20.2. The van der Waals surface area contributed by atoms with Crippen LogP contribution in [0.3, 0.4) is 0 Å². The van der Waals surface area contributed by atoms with Crippen LogP contribution < -0.4 is 0 Å². The number of allylic oxidation sites excluding steroid dienone is 12. The molecule has 0 amide bonds. The van der Waals surface area contributed by atoms with Crippen molar-refractivity contribution >= 4 is 17.9 Å². The van der Waals surface area contributed by atoms with Crippen molar-refractivity contribution in [3.05, 3.63) is 72.9 Å². The van der Waals surface area contributed by atoms with E-state index in [1.807, 2.05) is 0 Å². The Morgan fingerprint density at radius 3 is 0.786 bits per heavy atom. The second kappa shape index (κ2) is 58.4. The van der Waals surface area contributed by atoms with E-state index in [9.17, 15) is 14.4 Å². The average molecular weight is 978 g/mol. The van der Waals surface area contributed by atoms with Crippen LogP contribution in [0.4, 0.5) is 0 Å². The van der Waals surface area contributed by atoms with Gasteiger partial charge in [0, 0.05) is 19.3 Å². The normalized spacial score (nSPS) is 12.6. The number of hydrogen-bond donors (Lipinski definition) is 0. The Morgan fingerprint density at radius 2 is 0.514 bits per heavy atom. The van der Waals surface area contributed by atoms with E-state index in [2.05, 4.69) is 93.7 Å².